The Balaban J connectivity index is 1.40. The number of halogens is 4. The number of amides is 2. The SMILES string of the molecule is CC(C)NC(=O)C1CCC(N2C(=NC(=O)c3ccc(F)c(C(F)(F)F)c3)Cc3ccc(CN4CCC(C(C)(C)O)CC4)cc32)CC1. The summed E-state index contributed by atoms with van der Waals surface area (Å²) in [4.78, 5) is 34.7. The molecule has 1 aliphatic carbocycles. The summed E-state index contributed by atoms with van der Waals surface area (Å²) in [6, 6.07) is 8.39. The number of nitrogens with zero attached hydrogens (tertiary/aromatic N) is 3. The van der Waals surface area contributed by atoms with Crippen LogP contribution in [-0.2, 0) is 23.9 Å². The number of amidine groups is 1. The van der Waals surface area contributed by atoms with Gasteiger partial charge in [-0.3, -0.25) is 14.5 Å². The van der Waals surface area contributed by atoms with Crippen molar-refractivity contribution < 1.29 is 32.3 Å². The maximum atomic E-state index is 13.9. The second-order valence-corrected chi connectivity index (χ2v) is 13.9. The number of hydrogen-bond donors (Lipinski definition) is 2. The molecular weight excluding hydrogens is 600 g/mol. The molecule has 2 aliphatic heterocycles. The van der Waals surface area contributed by atoms with Gasteiger partial charge in [0.05, 0.1) is 11.2 Å². The van der Waals surface area contributed by atoms with E-state index in [0.717, 1.165) is 55.4 Å². The Morgan fingerprint density at radius 3 is 2.28 bits per heavy atom. The van der Waals surface area contributed by atoms with Gasteiger partial charge in [-0.25, -0.2) is 4.39 Å². The van der Waals surface area contributed by atoms with Gasteiger partial charge in [0.2, 0.25) is 5.91 Å². The van der Waals surface area contributed by atoms with Crippen LogP contribution in [0.25, 0.3) is 0 Å². The number of fused-ring (bicyclic) bond motifs is 1. The Kier molecular flexibility index (Phi) is 9.94. The first-order chi connectivity index (χ1) is 21.6. The summed E-state index contributed by atoms with van der Waals surface area (Å²) in [5.74, 6) is -1.69. The lowest BCUT2D eigenvalue weighted by Crippen LogP contribution is -2.44. The molecule has 7 nitrogen and oxygen atoms in total. The number of carbonyl (C=O) groups excluding carboxylic acids is 2. The molecule has 2 aromatic carbocycles. The number of piperidine rings is 1. The monoisotopic (exact) mass is 644 g/mol. The minimum Gasteiger partial charge on any atom is -0.390 e. The van der Waals surface area contributed by atoms with E-state index >= 15 is 0 Å². The second kappa shape index (κ2) is 13.4. The third-order valence-corrected chi connectivity index (χ3v) is 9.64. The molecule has 3 aliphatic rings. The predicted molar refractivity (Wildman–Crippen MR) is 169 cm³/mol. The first kappa shape index (κ1) is 34.0. The highest BCUT2D eigenvalue weighted by Gasteiger charge is 2.38. The van der Waals surface area contributed by atoms with E-state index < -0.39 is 29.1 Å². The van der Waals surface area contributed by atoms with Crippen molar-refractivity contribution in [2.45, 2.75) is 103 Å². The van der Waals surface area contributed by atoms with E-state index in [2.05, 4.69) is 27.3 Å². The number of rotatable bonds is 7. The van der Waals surface area contributed by atoms with Gasteiger partial charge >= 0.3 is 6.18 Å². The zero-order valence-electron chi connectivity index (χ0n) is 27.0. The van der Waals surface area contributed by atoms with Crippen molar-refractivity contribution in [1.82, 2.24) is 10.2 Å². The molecule has 0 aromatic heterocycles. The van der Waals surface area contributed by atoms with Gasteiger partial charge in [-0.15, -0.1) is 0 Å². The maximum absolute atomic E-state index is 13.9. The van der Waals surface area contributed by atoms with E-state index in [1.165, 1.54) is 0 Å². The Hall–Kier alpha value is -3.31. The van der Waals surface area contributed by atoms with Crippen molar-refractivity contribution in [1.29, 1.82) is 0 Å². The van der Waals surface area contributed by atoms with Crippen molar-refractivity contribution in [2.24, 2.45) is 16.8 Å². The minimum absolute atomic E-state index is 0.0340. The predicted octanol–water partition coefficient (Wildman–Crippen LogP) is 6.51. The zero-order valence-corrected chi connectivity index (χ0v) is 27.0. The summed E-state index contributed by atoms with van der Waals surface area (Å²) in [6.07, 6.45) is -0.0846. The number of aliphatic imine (C=N–C) groups is 1. The largest absolute Gasteiger partial charge is 0.419 e. The molecule has 11 heteroatoms. The molecule has 0 bridgehead atoms. The van der Waals surface area contributed by atoms with E-state index in [-0.39, 0.29) is 35.4 Å². The lowest BCUT2D eigenvalue weighted by molar-refractivity contribution is -0.140. The molecule has 0 radical (unpaired) electrons. The highest BCUT2D eigenvalue weighted by Crippen LogP contribution is 2.39. The average Bonchev–Trinajstić information content (AvgIpc) is 3.33. The van der Waals surface area contributed by atoms with Crippen LogP contribution in [-0.4, -0.2) is 58.4 Å². The number of benzene rings is 2. The van der Waals surface area contributed by atoms with Gasteiger partial charge in [0, 0.05) is 42.2 Å². The van der Waals surface area contributed by atoms with Gasteiger partial charge in [-0.05, 0) is 121 Å². The van der Waals surface area contributed by atoms with Crippen molar-refractivity contribution in [3.63, 3.8) is 0 Å². The van der Waals surface area contributed by atoms with Crippen LogP contribution in [0, 0.1) is 17.7 Å². The number of anilines is 1. The summed E-state index contributed by atoms with van der Waals surface area (Å²) in [5.41, 5.74) is 0.438. The molecule has 1 saturated carbocycles. The molecule has 2 N–H and O–H groups in total. The molecule has 2 amide bonds. The summed E-state index contributed by atoms with van der Waals surface area (Å²) >= 11 is 0. The summed E-state index contributed by atoms with van der Waals surface area (Å²) < 4.78 is 54.1. The molecule has 0 atom stereocenters. The van der Waals surface area contributed by atoms with Gasteiger partial charge < -0.3 is 15.3 Å². The Bertz CT molecular complexity index is 1470. The Morgan fingerprint density at radius 1 is 1.00 bits per heavy atom. The average molecular weight is 645 g/mol. The molecular formula is C35H44F4N4O3. The number of carbonyl (C=O) groups is 2. The fourth-order valence-electron chi connectivity index (χ4n) is 7.09. The number of nitrogens with one attached hydrogen (secondary N) is 1. The fraction of sp³-hybridized carbons (Fsp3) is 0.571. The van der Waals surface area contributed by atoms with Crippen LogP contribution in [0.15, 0.2) is 41.4 Å². The zero-order chi connectivity index (χ0) is 33.4. The normalized spacial score (nSPS) is 22.4. The highest BCUT2D eigenvalue weighted by molar-refractivity contribution is 6.12. The molecule has 46 heavy (non-hydrogen) atoms. The van der Waals surface area contributed by atoms with Gasteiger partial charge in [-0.2, -0.15) is 18.2 Å². The number of hydrogen-bond acceptors (Lipinski definition) is 4. The topological polar surface area (TPSA) is 85.2 Å². The van der Waals surface area contributed by atoms with Crippen LogP contribution >= 0.6 is 0 Å². The maximum Gasteiger partial charge on any atom is 0.419 e. The standard InChI is InChI=1S/C35H44F4N4O3/c1-21(2)40-32(44)23-7-10-27(11-8-23)43-30-17-22(20-42-15-13-26(14-16-42)34(3,4)46)5-6-24(30)19-31(43)41-33(45)25-9-12-29(36)28(18-25)35(37,38)39/h5-6,9,12,17-18,21,23,26-27,46H,7-8,10-11,13-16,19-20H2,1-4H3,(H,40,44). The van der Waals surface area contributed by atoms with Crippen LogP contribution in [0.4, 0.5) is 23.2 Å². The Morgan fingerprint density at radius 2 is 1.67 bits per heavy atom. The van der Waals surface area contributed by atoms with E-state index in [0.29, 0.717) is 50.1 Å². The third kappa shape index (κ3) is 7.79. The first-order valence-electron chi connectivity index (χ1n) is 16.2. The molecule has 5 rings (SSSR count). The molecule has 0 unspecified atom stereocenters. The second-order valence-electron chi connectivity index (χ2n) is 13.9. The summed E-state index contributed by atoms with van der Waals surface area (Å²) in [7, 11) is 0. The van der Waals surface area contributed by atoms with Crippen LogP contribution in [0.3, 0.4) is 0 Å². The number of alkyl halides is 3. The van der Waals surface area contributed by atoms with Gasteiger partial charge in [0.15, 0.2) is 0 Å². The quantitative estimate of drug-likeness (QED) is 0.336. The summed E-state index contributed by atoms with van der Waals surface area (Å²) in [5, 5.41) is 13.4. The van der Waals surface area contributed by atoms with Crippen molar-refractivity contribution in [3.05, 3.63) is 64.5 Å². The van der Waals surface area contributed by atoms with E-state index in [9.17, 15) is 32.3 Å². The van der Waals surface area contributed by atoms with Crippen LogP contribution in [0.1, 0.15) is 93.3 Å². The van der Waals surface area contributed by atoms with Gasteiger partial charge in [0.1, 0.15) is 11.7 Å². The van der Waals surface area contributed by atoms with E-state index in [1.807, 2.05) is 38.7 Å². The van der Waals surface area contributed by atoms with Gasteiger partial charge in [0.25, 0.3) is 5.91 Å². The van der Waals surface area contributed by atoms with Crippen molar-refractivity contribution >= 4 is 23.3 Å². The lowest BCUT2D eigenvalue weighted by atomic mass is 9.83. The molecule has 250 valence electrons. The summed E-state index contributed by atoms with van der Waals surface area (Å²) in [6.45, 7) is 10.0. The molecule has 2 heterocycles. The Labute approximate surface area is 268 Å². The van der Waals surface area contributed by atoms with E-state index in [1.54, 1.807) is 0 Å². The molecule has 0 spiro atoms. The van der Waals surface area contributed by atoms with Crippen LogP contribution < -0.4 is 10.2 Å². The van der Waals surface area contributed by atoms with E-state index in [4.69, 9.17) is 0 Å². The van der Waals surface area contributed by atoms with Crippen molar-refractivity contribution in [2.75, 3.05) is 18.0 Å². The van der Waals surface area contributed by atoms with Crippen LogP contribution in [0.2, 0.25) is 0 Å². The first-order valence-corrected chi connectivity index (χ1v) is 16.2. The molecule has 1 saturated heterocycles. The molecule has 2 aromatic rings. The fourth-order valence-corrected chi connectivity index (χ4v) is 7.09. The minimum atomic E-state index is -4.94. The molecule has 2 fully saturated rings. The van der Waals surface area contributed by atoms with Crippen LogP contribution in [0.5, 0.6) is 0 Å². The lowest BCUT2D eigenvalue weighted by Gasteiger charge is -2.38. The van der Waals surface area contributed by atoms with Gasteiger partial charge in [-0.1, -0.05) is 12.1 Å². The number of aliphatic hydroxyl groups is 1. The third-order valence-electron chi connectivity index (χ3n) is 9.64. The smallest absolute Gasteiger partial charge is 0.390 e. The highest BCUT2D eigenvalue weighted by atomic mass is 19.4. The van der Waals surface area contributed by atoms with Crippen molar-refractivity contribution in [3.8, 4) is 0 Å². The number of likely N-dealkylation sites (tertiary alicyclic amines) is 1.